The van der Waals surface area contributed by atoms with Crippen LogP contribution in [0.3, 0.4) is 0 Å². The predicted molar refractivity (Wildman–Crippen MR) is 64.3 cm³/mol. The molecule has 0 atom stereocenters. The zero-order valence-corrected chi connectivity index (χ0v) is 9.98. The molecule has 0 spiro atoms. The van der Waals surface area contributed by atoms with Crippen molar-refractivity contribution in [2.45, 2.75) is 18.4 Å². The number of pyridine rings is 1. The van der Waals surface area contributed by atoms with Crippen LogP contribution in [0, 0.1) is 0 Å². The SMILES string of the molecule is COc1ccc(NC2(CO)CCOCC2)nc1. The minimum absolute atomic E-state index is 0.0874. The van der Waals surface area contributed by atoms with Gasteiger partial charge in [-0.05, 0) is 25.0 Å². The third kappa shape index (κ3) is 2.87. The molecule has 1 aromatic heterocycles. The van der Waals surface area contributed by atoms with E-state index in [1.165, 1.54) is 0 Å². The third-order valence-corrected chi connectivity index (χ3v) is 3.12. The van der Waals surface area contributed by atoms with E-state index in [0.29, 0.717) is 13.2 Å². The molecular formula is C12H18N2O3. The standard InChI is InChI=1S/C12H18N2O3/c1-16-10-2-3-11(13-8-10)14-12(9-15)4-6-17-7-5-12/h2-3,8,15H,4-7,9H2,1H3,(H,13,14). The molecule has 2 rings (SSSR count). The molecule has 1 aromatic rings. The first-order chi connectivity index (χ1) is 8.28. The van der Waals surface area contributed by atoms with Crippen molar-refractivity contribution >= 4 is 5.82 Å². The van der Waals surface area contributed by atoms with Crippen molar-refractivity contribution in [3.05, 3.63) is 18.3 Å². The fraction of sp³-hybridized carbons (Fsp3) is 0.583. The van der Waals surface area contributed by atoms with Crippen LogP contribution < -0.4 is 10.1 Å². The summed E-state index contributed by atoms with van der Waals surface area (Å²) in [4.78, 5) is 4.25. The van der Waals surface area contributed by atoms with Gasteiger partial charge in [0.2, 0.25) is 0 Å². The summed E-state index contributed by atoms with van der Waals surface area (Å²) < 4.78 is 10.4. The minimum atomic E-state index is -0.306. The molecule has 5 heteroatoms. The van der Waals surface area contributed by atoms with Crippen LogP contribution in [0.1, 0.15) is 12.8 Å². The smallest absolute Gasteiger partial charge is 0.137 e. The monoisotopic (exact) mass is 238 g/mol. The maximum Gasteiger partial charge on any atom is 0.137 e. The summed E-state index contributed by atoms with van der Waals surface area (Å²) in [6, 6.07) is 3.70. The van der Waals surface area contributed by atoms with Crippen molar-refractivity contribution in [1.82, 2.24) is 4.98 Å². The van der Waals surface area contributed by atoms with Gasteiger partial charge in [0.1, 0.15) is 11.6 Å². The molecule has 0 radical (unpaired) electrons. The number of aliphatic hydroxyl groups excluding tert-OH is 1. The van der Waals surface area contributed by atoms with Gasteiger partial charge in [0.15, 0.2) is 0 Å². The number of aromatic nitrogens is 1. The summed E-state index contributed by atoms with van der Waals surface area (Å²) in [5, 5.41) is 12.8. The van der Waals surface area contributed by atoms with Crippen LogP contribution in [0.15, 0.2) is 18.3 Å². The number of methoxy groups -OCH3 is 1. The van der Waals surface area contributed by atoms with E-state index in [4.69, 9.17) is 9.47 Å². The van der Waals surface area contributed by atoms with Gasteiger partial charge in [-0.15, -0.1) is 0 Å². The van der Waals surface area contributed by atoms with Gasteiger partial charge in [0.05, 0.1) is 25.5 Å². The molecule has 0 unspecified atom stereocenters. The summed E-state index contributed by atoms with van der Waals surface area (Å²) in [5.41, 5.74) is -0.306. The minimum Gasteiger partial charge on any atom is -0.495 e. The Morgan fingerprint density at radius 3 is 2.76 bits per heavy atom. The maximum atomic E-state index is 9.53. The Hall–Kier alpha value is -1.33. The van der Waals surface area contributed by atoms with Crippen LogP contribution in [0.4, 0.5) is 5.82 Å². The Bertz CT molecular complexity index is 347. The lowest BCUT2D eigenvalue weighted by Crippen LogP contribution is -2.47. The highest BCUT2D eigenvalue weighted by atomic mass is 16.5. The number of ether oxygens (including phenoxy) is 2. The molecule has 17 heavy (non-hydrogen) atoms. The van der Waals surface area contributed by atoms with Crippen LogP contribution in [0.2, 0.25) is 0 Å². The molecule has 1 aliphatic heterocycles. The summed E-state index contributed by atoms with van der Waals surface area (Å²) >= 11 is 0. The summed E-state index contributed by atoms with van der Waals surface area (Å²) in [7, 11) is 1.61. The van der Waals surface area contributed by atoms with Crippen LogP contribution in [-0.2, 0) is 4.74 Å². The molecule has 5 nitrogen and oxygen atoms in total. The molecule has 1 aliphatic rings. The van der Waals surface area contributed by atoms with E-state index in [9.17, 15) is 5.11 Å². The average molecular weight is 238 g/mol. The molecule has 2 N–H and O–H groups in total. The van der Waals surface area contributed by atoms with Gasteiger partial charge in [-0.1, -0.05) is 0 Å². The number of hydrogen-bond acceptors (Lipinski definition) is 5. The molecule has 0 saturated carbocycles. The first-order valence-corrected chi connectivity index (χ1v) is 5.75. The molecule has 1 saturated heterocycles. The van der Waals surface area contributed by atoms with Crippen molar-refractivity contribution < 1.29 is 14.6 Å². The van der Waals surface area contributed by atoms with Gasteiger partial charge in [-0.25, -0.2) is 4.98 Å². The lowest BCUT2D eigenvalue weighted by atomic mass is 9.91. The van der Waals surface area contributed by atoms with Crippen LogP contribution in [-0.4, -0.2) is 42.6 Å². The molecule has 1 fully saturated rings. The van der Waals surface area contributed by atoms with Crippen molar-refractivity contribution in [2.24, 2.45) is 0 Å². The summed E-state index contributed by atoms with van der Waals surface area (Å²) in [6.45, 7) is 1.43. The van der Waals surface area contributed by atoms with Gasteiger partial charge in [0.25, 0.3) is 0 Å². The van der Waals surface area contributed by atoms with E-state index in [0.717, 1.165) is 24.4 Å². The van der Waals surface area contributed by atoms with E-state index in [1.54, 1.807) is 13.3 Å². The average Bonchev–Trinajstić information content (AvgIpc) is 2.41. The lowest BCUT2D eigenvalue weighted by Gasteiger charge is -2.36. The number of aliphatic hydroxyl groups is 1. The molecule has 94 valence electrons. The zero-order valence-electron chi connectivity index (χ0n) is 9.98. The summed E-state index contributed by atoms with van der Waals surface area (Å²) in [6.07, 6.45) is 3.24. The second-order valence-electron chi connectivity index (χ2n) is 4.26. The summed E-state index contributed by atoms with van der Waals surface area (Å²) in [5.74, 6) is 1.47. The topological polar surface area (TPSA) is 63.6 Å². The number of rotatable bonds is 4. The number of nitrogens with zero attached hydrogens (tertiary/aromatic N) is 1. The Kier molecular flexibility index (Phi) is 3.81. The normalized spacial score (nSPS) is 18.7. The quantitative estimate of drug-likeness (QED) is 0.820. The maximum absolute atomic E-state index is 9.53. The van der Waals surface area contributed by atoms with Gasteiger partial charge < -0.3 is 19.9 Å². The van der Waals surface area contributed by atoms with E-state index >= 15 is 0 Å². The fourth-order valence-electron chi connectivity index (χ4n) is 1.93. The van der Waals surface area contributed by atoms with Crippen molar-refractivity contribution in [1.29, 1.82) is 0 Å². The highest BCUT2D eigenvalue weighted by molar-refractivity contribution is 5.40. The molecule has 0 bridgehead atoms. The first kappa shape index (κ1) is 12.1. The molecule has 2 heterocycles. The van der Waals surface area contributed by atoms with Crippen molar-refractivity contribution in [3.63, 3.8) is 0 Å². The van der Waals surface area contributed by atoms with E-state index in [-0.39, 0.29) is 12.1 Å². The highest BCUT2D eigenvalue weighted by Crippen LogP contribution is 2.25. The molecular weight excluding hydrogens is 220 g/mol. The Morgan fingerprint density at radius 2 is 2.24 bits per heavy atom. The van der Waals surface area contributed by atoms with Gasteiger partial charge >= 0.3 is 0 Å². The van der Waals surface area contributed by atoms with Crippen molar-refractivity contribution in [3.8, 4) is 5.75 Å². The number of hydrogen-bond donors (Lipinski definition) is 2. The fourth-order valence-corrected chi connectivity index (χ4v) is 1.93. The van der Waals surface area contributed by atoms with Gasteiger partial charge in [-0.2, -0.15) is 0 Å². The third-order valence-electron chi connectivity index (χ3n) is 3.12. The first-order valence-electron chi connectivity index (χ1n) is 5.75. The second-order valence-corrected chi connectivity index (χ2v) is 4.26. The van der Waals surface area contributed by atoms with Gasteiger partial charge in [-0.3, -0.25) is 0 Å². The van der Waals surface area contributed by atoms with Crippen LogP contribution in [0.25, 0.3) is 0 Å². The zero-order chi connectivity index (χ0) is 12.1. The van der Waals surface area contributed by atoms with Crippen molar-refractivity contribution in [2.75, 3.05) is 32.2 Å². The van der Waals surface area contributed by atoms with E-state index in [2.05, 4.69) is 10.3 Å². The molecule has 0 aromatic carbocycles. The Balaban J connectivity index is 2.06. The van der Waals surface area contributed by atoms with E-state index in [1.807, 2.05) is 12.1 Å². The number of nitrogens with one attached hydrogen (secondary N) is 1. The molecule has 0 amide bonds. The Labute approximate surface area is 101 Å². The van der Waals surface area contributed by atoms with E-state index < -0.39 is 0 Å². The second kappa shape index (κ2) is 5.33. The highest BCUT2D eigenvalue weighted by Gasteiger charge is 2.32. The molecule has 0 aliphatic carbocycles. The van der Waals surface area contributed by atoms with Crippen LogP contribution >= 0.6 is 0 Å². The lowest BCUT2D eigenvalue weighted by molar-refractivity contribution is 0.0378. The Morgan fingerprint density at radius 1 is 1.47 bits per heavy atom. The number of anilines is 1. The predicted octanol–water partition coefficient (Wildman–Crippen LogP) is 1.04. The largest absolute Gasteiger partial charge is 0.495 e. The van der Waals surface area contributed by atoms with Crippen LogP contribution in [0.5, 0.6) is 5.75 Å². The van der Waals surface area contributed by atoms with Gasteiger partial charge in [0, 0.05) is 13.2 Å².